The largest absolute Gasteiger partial charge is 0.297 e. The van der Waals surface area contributed by atoms with Gasteiger partial charge in [0.25, 0.3) is 0 Å². The standard InChI is InChI=1S/C16H27NO/c1-15(2,3)11-13-9-7-8-10-14(13)12-18-17-16(4,5)6/h7-10,17H,11-12H2,1-6H3. The van der Waals surface area contributed by atoms with Gasteiger partial charge < -0.3 is 0 Å². The van der Waals surface area contributed by atoms with Crippen LogP contribution < -0.4 is 5.48 Å². The monoisotopic (exact) mass is 249 g/mol. The van der Waals surface area contributed by atoms with Gasteiger partial charge in [-0.05, 0) is 43.7 Å². The molecule has 0 saturated heterocycles. The van der Waals surface area contributed by atoms with Gasteiger partial charge in [-0.25, -0.2) is 0 Å². The lowest BCUT2D eigenvalue weighted by Gasteiger charge is -2.22. The minimum Gasteiger partial charge on any atom is -0.297 e. The zero-order valence-electron chi connectivity index (χ0n) is 12.6. The van der Waals surface area contributed by atoms with Crippen LogP contribution in [0.3, 0.4) is 0 Å². The van der Waals surface area contributed by atoms with Gasteiger partial charge in [0.1, 0.15) is 0 Å². The Morgan fingerprint density at radius 2 is 1.50 bits per heavy atom. The summed E-state index contributed by atoms with van der Waals surface area (Å²) < 4.78 is 0. The van der Waals surface area contributed by atoms with Crippen molar-refractivity contribution >= 4 is 0 Å². The SMILES string of the molecule is CC(C)(C)Cc1ccccc1CONC(C)(C)C. The van der Waals surface area contributed by atoms with E-state index in [2.05, 4.69) is 71.3 Å². The lowest BCUT2D eigenvalue weighted by molar-refractivity contribution is -0.0178. The molecular formula is C16H27NO. The highest BCUT2D eigenvalue weighted by atomic mass is 16.6. The quantitative estimate of drug-likeness (QED) is 0.811. The highest BCUT2D eigenvalue weighted by Gasteiger charge is 2.14. The molecule has 0 aliphatic heterocycles. The van der Waals surface area contributed by atoms with Crippen LogP contribution in [0.25, 0.3) is 0 Å². The Balaban J connectivity index is 2.65. The van der Waals surface area contributed by atoms with Crippen molar-refractivity contribution in [1.29, 1.82) is 0 Å². The van der Waals surface area contributed by atoms with Gasteiger partial charge in [-0.3, -0.25) is 4.84 Å². The molecule has 0 aromatic heterocycles. The van der Waals surface area contributed by atoms with Crippen LogP contribution in [-0.2, 0) is 17.9 Å². The zero-order valence-corrected chi connectivity index (χ0v) is 12.6. The first-order valence-electron chi connectivity index (χ1n) is 6.63. The van der Waals surface area contributed by atoms with Crippen LogP contribution in [0, 0.1) is 5.41 Å². The molecule has 0 bridgehead atoms. The van der Waals surface area contributed by atoms with E-state index in [-0.39, 0.29) is 5.54 Å². The molecule has 0 aliphatic carbocycles. The minimum absolute atomic E-state index is 0.0149. The molecule has 0 fully saturated rings. The van der Waals surface area contributed by atoms with Crippen molar-refractivity contribution < 1.29 is 4.84 Å². The van der Waals surface area contributed by atoms with Crippen LogP contribution in [0.15, 0.2) is 24.3 Å². The number of nitrogens with one attached hydrogen (secondary N) is 1. The maximum atomic E-state index is 5.59. The Kier molecular flexibility index (Phi) is 4.94. The average Bonchev–Trinajstić information content (AvgIpc) is 2.16. The summed E-state index contributed by atoms with van der Waals surface area (Å²) in [6, 6.07) is 8.51. The van der Waals surface area contributed by atoms with Crippen LogP contribution in [0.5, 0.6) is 0 Å². The number of hydrogen-bond acceptors (Lipinski definition) is 2. The first-order valence-corrected chi connectivity index (χ1v) is 6.63. The molecule has 2 heteroatoms. The normalized spacial score (nSPS) is 12.8. The van der Waals surface area contributed by atoms with Crippen LogP contribution in [-0.4, -0.2) is 5.54 Å². The molecule has 1 N–H and O–H groups in total. The van der Waals surface area contributed by atoms with E-state index in [1.165, 1.54) is 11.1 Å². The van der Waals surface area contributed by atoms with Crippen molar-refractivity contribution in [2.75, 3.05) is 0 Å². The zero-order chi connectivity index (χ0) is 13.8. The second kappa shape index (κ2) is 5.85. The van der Waals surface area contributed by atoms with E-state index in [1.54, 1.807) is 0 Å². The van der Waals surface area contributed by atoms with Gasteiger partial charge in [0.2, 0.25) is 0 Å². The fourth-order valence-corrected chi connectivity index (χ4v) is 1.77. The second-order valence-corrected chi connectivity index (χ2v) is 7.15. The molecule has 0 atom stereocenters. The summed E-state index contributed by atoms with van der Waals surface area (Å²) >= 11 is 0. The molecule has 102 valence electrons. The van der Waals surface area contributed by atoms with Gasteiger partial charge in [-0.15, -0.1) is 0 Å². The molecule has 0 saturated carbocycles. The van der Waals surface area contributed by atoms with Gasteiger partial charge in [0.05, 0.1) is 6.61 Å². The van der Waals surface area contributed by atoms with Crippen LogP contribution in [0.4, 0.5) is 0 Å². The van der Waals surface area contributed by atoms with Crippen LogP contribution >= 0.6 is 0 Å². The van der Waals surface area contributed by atoms with Crippen molar-refractivity contribution in [3.05, 3.63) is 35.4 Å². The molecule has 0 aliphatic rings. The van der Waals surface area contributed by atoms with Gasteiger partial charge in [0.15, 0.2) is 0 Å². The van der Waals surface area contributed by atoms with E-state index in [1.807, 2.05) is 0 Å². The summed E-state index contributed by atoms with van der Waals surface area (Å²) in [5.41, 5.74) is 5.99. The highest BCUT2D eigenvalue weighted by molar-refractivity contribution is 5.27. The molecule has 1 aromatic carbocycles. The Morgan fingerprint density at radius 3 is 2.00 bits per heavy atom. The Morgan fingerprint density at radius 1 is 0.944 bits per heavy atom. The molecular weight excluding hydrogens is 222 g/mol. The summed E-state index contributed by atoms with van der Waals surface area (Å²) in [4.78, 5) is 5.59. The summed E-state index contributed by atoms with van der Waals surface area (Å²) in [6.07, 6.45) is 1.07. The summed E-state index contributed by atoms with van der Waals surface area (Å²) in [5.74, 6) is 0. The Hall–Kier alpha value is -0.860. The smallest absolute Gasteiger partial charge is 0.0935 e. The molecule has 18 heavy (non-hydrogen) atoms. The molecule has 0 unspecified atom stereocenters. The maximum absolute atomic E-state index is 5.59. The van der Waals surface area contributed by atoms with Gasteiger partial charge in [-0.1, -0.05) is 45.0 Å². The summed E-state index contributed by atoms with van der Waals surface area (Å²) in [7, 11) is 0. The highest BCUT2D eigenvalue weighted by Crippen LogP contribution is 2.23. The molecule has 0 radical (unpaired) electrons. The van der Waals surface area contributed by atoms with Gasteiger partial charge >= 0.3 is 0 Å². The summed E-state index contributed by atoms with van der Waals surface area (Å²) in [5, 5.41) is 0. The first-order chi connectivity index (χ1) is 8.17. The predicted molar refractivity (Wildman–Crippen MR) is 77.3 cm³/mol. The molecule has 1 rings (SSSR count). The van der Waals surface area contributed by atoms with Gasteiger partial charge in [-0.2, -0.15) is 5.48 Å². The Labute approximate surface area is 112 Å². The third kappa shape index (κ3) is 6.18. The molecule has 0 amide bonds. The average molecular weight is 249 g/mol. The Bertz CT molecular complexity index is 371. The topological polar surface area (TPSA) is 21.3 Å². The van der Waals surface area contributed by atoms with Crippen molar-refractivity contribution in [1.82, 2.24) is 5.48 Å². The van der Waals surface area contributed by atoms with E-state index in [4.69, 9.17) is 4.84 Å². The van der Waals surface area contributed by atoms with Crippen molar-refractivity contribution in [2.24, 2.45) is 5.41 Å². The van der Waals surface area contributed by atoms with E-state index in [9.17, 15) is 0 Å². The van der Waals surface area contributed by atoms with Crippen LogP contribution in [0.1, 0.15) is 52.7 Å². The third-order valence-corrected chi connectivity index (χ3v) is 2.45. The number of rotatable bonds is 4. The number of benzene rings is 1. The predicted octanol–water partition coefficient (Wildman–Crippen LogP) is 4.09. The molecule has 1 aromatic rings. The number of hydroxylamine groups is 1. The summed E-state index contributed by atoms with van der Waals surface area (Å²) in [6.45, 7) is 13.7. The van der Waals surface area contributed by atoms with Crippen LogP contribution in [0.2, 0.25) is 0 Å². The van der Waals surface area contributed by atoms with Crippen molar-refractivity contribution in [2.45, 2.75) is 60.1 Å². The molecule has 0 heterocycles. The number of hydrogen-bond donors (Lipinski definition) is 1. The third-order valence-electron chi connectivity index (χ3n) is 2.45. The van der Waals surface area contributed by atoms with Crippen molar-refractivity contribution in [3.8, 4) is 0 Å². The lowest BCUT2D eigenvalue weighted by atomic mass is 9.86. The van der Waals surface area contributed by atoms with E-state index in [0.717, 1.165) is 6.42 Å². The molecule has 2 nitrogen and oxygen atoms in total. The maximum Gasteiger partial charge on any atom is 0.0935 e. The first kappa shape index (κ1) is 15.2. The minimum atomic E-state index is -0.0149. The van der Waals surface area contributed by atoms with Crippen molar-refractivity contribution in [3.63, 3.8) is 0 Å². The van der Waals surface area contributed by atoms with E-state index in [0.29, 0.717) is 12.0 Å². The van der Waals surface area contributed by atoms with E-state index >= 15 is 0 Å². The second-order valence-electron chi connectivity index (χ2n) is 7.15. The van der Waals surface area contributed by atoms with Gasteiger partial charge in [0, 0.05) is 5.54 Å². The fourth-order valence-electron chi connectivity index (χ4n) is 1.77. The molecule has 0 spiro atoms. The van der Waals surface area contributed by atoms with E-state index < -0.39 is 0 Å². The fraction of sp³-hybridized carbons (Fsp3) is 0.625. The lowest BCUT2D eigenvalue weighted by Crippen LogP contribution is -2.35.